The average Bonchev–Trinajstić information content (AvgIpc) is 2.29. The van der Waals surface area contributed by atoms with Crippen LogP contribution in [0, 0.1) is 5.92 Å². The molecule has 1 fully saturated rings. The van der Waals surface area contributed by atoms with E-state index >= 15 is 0 Å². The Balaban J connectivity index is 2.62. The van der Waals surface area contributed by atoms with Crippen molar-refractivity contribution in [3.05, 3.63) is 0 Å². The van der Waals surface area contributed by atoms with Crippen LogP contribution in [-0.2, 0) is 4.79 Å². The maximum Gasteiger partial charge on any atom is 0.405 e. The third kappa shape index (κ3) is 4.65. The molecule has 0 saturated carbocycles. The minimum atomic E-state index is -4.31. The number of halogens is 3. The van der Waals surface area contributed by atoms with Crippen molar-refractivity contribution in [2.45, 2.75) is 50.9 Å². The number of nitrogens with two attached hydrogens (primary N) is 2. The standard InChI is InChI=1S/C12H22F3N3O/c1-2-9(16)11(12(13,14)15)18-5-3-8(4-6-18)7-10(17)19/h8-9,11H,2-7,16H2,1H3,(H2,17,19). The molecule has 1 amide bonds. The third-order valence-electron chi connectivity index (χ3n) is 3.74. The lowest BCUT2D eigenvalue weighted by Gasteiger charge is -2.40. The molecular weight excluding hydrogens is 259 g/mol. The van der Waals surface area contributed by atoms with Crippen molar-refractivity contribution in [1.29, 1.82) is 0 Å². The number of piperidine rings is 1. The van der Waals surface area contributed by atoms with Gasteiger partial charge in [-0.05, 0) is 38.3 Å². The summed E-state index contributed by atoms with van der Waals surface area (Å²) < 4.78 is 39.2. The van der Waals surface area contributed by atoms with Crippen molar-refractivity contribution >= 4 is 5.91 Å². The van der Waals surface area contributed by atoms with Crippen LogP contribution in [-0.4, -0.2) is 42.2 Å². The summed E-state index contributed by atoms with van der Waals surface area (Å²) in [5.41, 5.74) is 10.7. The SMILES string of the molecule is CCC(N)C(N1CCC(CC(N)=O)CC1)C(F)(F)F. The zero-order chi connectivity index (χ0) is 14.6. The molecule has 1 rings (SSSR count). The summed E-state index contributed by atoms with van der Waals surface area (Å²) >= 11 is 0. The molecule has 0 radical (unpaired) electrons. The van der Waals surface area contributed by atoms with Crippen LogP contribution in [0.25, 0.3) is 0 Å². The molecule has 2 unspecified atom stereocenters. The number of hydrogen-bond donors (Lipinski definition) is 2. The predicted octanol–water partition coefficient (Wildman–Crippen LogP) is 1.24. The van der Waals surface area contributed by atoms with Gasteiger partial charge < -0.3 is 11.5 Å². The van der Waals surface area contributed by atoms with Crippen LogP contribution >= 0.6 is 0 Å². The molecule has 4 N–H and O–H groups in total. The number of nitrogens with zero attached hydrogens (tertiary/aromatic N) is 1. The number of alkyl halides is 3. The molecule has 1 heterocycles. The van der Waals surface area contributed by atoms with E-state index < -0.39 is 24.2 Å². The molecule has 0 bridgehead atoms. The van der Waals surface area contributed by atoms with Crippen LogP contribution in [0.4, 0.5) is 13.2 Å². The highest BCUT2D eigenvalue weighted by Crippen LogP contribution is 2.31. The minimum absolute atomic E-state index is 0.0977. The maximum atomic E-state index is 13.1. The summed E-state index contributed by atoms with van der Waals surface area (Å²) in [6.45, 7) is 2.29. The van der Waals surface area contributed by atoms with Gasteiger partial charge in [0.15, 0.2) is 0 Å². The summed E-state index contributed by atoms with van der Waals surface area (Å²) in [5, 5.41) is 0. The fourth-order valence-corrected chi connectivity index (χ4v) is 2.66. The Kier molecular flexibility index (Phi) is 5.61. The van der Waals surface area contributed by atoms with Gasteiger partial charge in [0.1, 0.15) is 6.04 Å². The second kappa shape index (κ2) is 6.56. The highest BCUT2D eigenvalue weighted by molar-refractivity contribution is 5.73. The van der Waals surface area contributed by atoms with Crippen LogP contribution in [0.5, 0.6) is 0 Å². The second-order valence-corrected chi connectivity index (χ2v) is 5.21. The molecule has 1 aliphatic heterocycles. The first-order valence-corrected chi connectivity index (χ1v) is 6.60. The number of carbonyl (C=O) groups excluding carboxylic acids is 1. The van der Waals surface area contributed by atoms with Crippen LogP contribution in [0.15, 0.2) is 0 Å². The lowest BCUT2D eigenvalue weighted by Crippen LogP contribution is -2.57. The number of rotatable bonds is 5. The number of carbonyl (C=O) groups is 1. The highest BCUT2D eigenvalue weighted by atomic mass is 19.4. The molecule has 1 aliphatic rings. The van der Waals surface area contributed by atoms with Gasteiger partial charge in [0.05, 0.1) is 0 Å². The van der Waals surface area contributed by atoms with Crippen molar-refractivity contribution in [2.24, 2.45) is 17.4 Å². The van der Waals surface area contributed by atoms with Gasteiger partial charge in [-0.15, -0.1) is 0 Å². The van der Waals surface area contributed by atoms with E-state index in [1.54, 1.807) is 6.92 Å². The Hall–Kier alpha value is -0.820. The molecule has 19 heavy (non-hydrogen) atoms. The van der Waals surface area contributed by atoms with Gasteiger partial charge in [-0.2, -0.15) is 13.2 Å². The Morgan fingerprint density at radius 3 is 2.26 bits per heavy atom. The van der Waals surface area contributed by atoms with E-state index in [1.165, 1.54) is 4.90 Å². The van der Waals surface area contributed by atoms with Crippen molar-refractivity contribution < 1.29 is 18.0 Å². The summed E-state index contributed by atoms with van der Waals surface area (Å²) in [4.78, 5) is 12.2. The topological polar surface area (TPSA) is 72.3 Å². The van der Waals surface area contributed by atoms with Gasteiger partial charge in [0.25, 0.3) is 0 Å². The summed E-state index contributed by atoms with van der Waals surface area (Å²) in [7, 11) is 0. The number of hydrogen-bond acceptors (Lipinski definition) is 3. The summed E-state index contributed by atoms with van der Waals surface area (Å²) in [5.74, 6) is -0.295. The van der Waals surface area contributed by atoms with Gasteiger partial charge in [-0.25, -0.2) is 0 Å². The first-order valence-electron chi connectivity index (χ1n) is 6.60. The lowest BCUT2D eigenvalue weighted by molar-refractivity contribution is -0.193. The van der Waals surface area contributed by atoms with Crippen molar-refractivity contribution in [3.63, 3.8) is 0 Å². The van der Waals surface area contributed by atoms with Crippen LogP contribution < -0.4 is 11.5 Å². The molecule has 0 aromatic rings. The van der Waals surface area contributed by atoms with Gasteiger partial charge in [0.2, 0.25) is 5.91 Å². The Labute approximate surface area is 111 Å². The van der Waals surface area contributed by atoms with E-state index in [9.17, 15) is 18.0 Å². The van der Waals surface area contributed by atoms with E-state index in [0.717, 1.165) is 0 Å². The number of primary amides is 1. The zero-order valence-electron chi connectivity index (χ0n) is 11.1. The van der Waals surface area contributed by atoms with E-state index in [4.69, 9.17) is 11.5 Å². The third-order valence-corrected chi connectivity index (χ3v) is 3.74. The summed E-state index contributed by atoms with van der Waals surface area (Å²) in [6.07, 6.45) is -2.65. The monoisotopic (exact) mass is 281 g/mol. The predicted molar refractivity (Wildman–Crippen MR) is 66.2 cm³/mol. The van der Waals surface area contributed by atoms with Gasteiger partial charge >= 0.3 is 6.18 Å². The van der Waals surface area contributed by atoms with Gasteiger partial charge in [-0.3, -0.25) is 9.69 Å². The minimum Gasteiger partial charge on any atom is -0.370 e. The Morgan fingerprint density at radius 2 is 1.89 bits per heavy atom. The lowest BCUT2D eigenvalue weighted by atomic mass is 9.91. The van der Waals surface area contributed by atoms with Crippen LogP contribution in [0.1, 0.15) is 32.6 Å². The number of amides is 1. The molecule has 0 aromatic carbocycles. The van der Waals surface area contributed by atoms with Crippen molar-refractivity contribution in [2.75, 3.05) is 13.1 Å². The molecule has 2 atom stereocenters. The molecule has 0 aliphatic carbocycles. The molecule has 7 heteroatoms. The smallest absolute Gasteiger partial charge is 0.370 e. The Bertz CT molecular complexity index is 301. The molecule has 4 nitrogen and oxygen atoms in total. The number of likely N-dealkylation sites (tertiary alicyclic amines) is 1. The molecule has 0 aromatic heterocycles. The van der Waals surface area contributed by atoms with E-state index in [0.29, 0.717) is 25.9 Å². The Morgan fingerprint density at radius 1 is 1.37 bits per heavy atom. The maximum absolute atomic E-state index is 13.1. The molecular formula is C12H22F3N3O. The van der Waals surface area contributed by atoms with Crippen LogP contribution in [0.3, 0.4) is 0 Å². The molecule has 112 valence electrons. The fraction of sp³-hybridized carbons (Fsp3) is 0.917. The van der Waals surface area contributed by atoms with Gasteiger partial charge in [-0.1, -0.05) is 6.92 Å². The first kappa shape index (κ1) is 16.2. The van der Waals surface area contributed by atoms with Crippen molar-refractivity contribution in [1.82, 2.24) is 4.90 Å². The van der Waals surface area contributed by atoms with E-state index in [1.807, 2.05) is 0 Å². The second-order valence-electron chi connectivity index (χ2n) is 5.21. The molecule has 0 spiro atoms. The largest absolute Gasteiger partial charge is 0.405 e. The van der Waals surface area contributed by atoms with Crippen molar-refractivity contribution in [3.8, 4) is 0 Å². The first-order chi connectivity index (χ1) is 8.75. The van der Waals surface area contributed by atoms with E-state index in [-0.39, 0.29) is 18.8 Å². The highest BCUT2D eigenvalue weighted by Gasteiger charge is 2.47. The fourth-order valence-electron chi connectivity index (χ4n) is 2.66. The zero-order valence-corrected chi connectivity index (χ0v) is 11.1. The average molecular weight is 281 g/mol. The van der Waals surface area contributed by atoms with E-state index in [2.05, 4.69) is 0 Å². The quantitative estimate of drug-likeness (QED) is 0.796. The molecule has 1 saturated heterocycles. The summed E-state index contributed by atoms with van der Waals surface area (Å²) in [6, 6.07) is -2.50. The van der Waals surface area contributed by atoms with Gasteiger partial charge in [0, 0.05) is 12.5 Å². The normalized spacial score (nSPS) is 22.2. The van der Waals surface area contributed by atoms with Crippen LogP contribution in [0.2, 0.25) is 0 Å².